The Bertz CT molecular complexity index is 599. The summed E-state index contributed by atoms with van der Waals surface area (Å²) >= 11 is 0. The number of aliphatic hydroxyl groups is 1. The third kappa shape index (κ3) is 2.98. The Labute approximate surface area is 125 Å². The summed E-state index contributed by atoms with van der Waals surface area (Å²) in [6, 6.07) is -0.478. The van der Waals surface area contributed by atoms with Crippen molar-refractivity contribution >= 4 is 10.0 Å². The molecule has 1 heterocycles. The van der Waals surface area contributed by atoms with Crippen molar-refractivity contribution in [3.05, 3.63) is 11.9 Å². The Balaban J connectivity index is 2.30. The summed E-state index contributed by atoms with van der Waals surface area (Å²) in [4.78, 5) is 0.180. The van der Waals surface area contributed by atoms with E-state index in [1.807, 2.05) is 0 Å². The molecule has 1 aromatic heterocycles. The number of aliphatic hydroxyl groups excluding tert-OH is 1. The number of likely N-dealkylation sites (N-methyl/N-ethyl adjacent to an activating group) is 1. The van der Waals surface area contributed by atoms with Crippen LogP contribution in [-0.4, -0.2) is 60.0 Å². The van der Waals surface area contributed by atoms with Gasteiger partial charge in [-0.25, -0.2) is 8.42 Å². The van der Waals surface area contributed by atoms with E-state index in [1.54, 1.807) is 14.0 Å². The van der Waals surface area contributed by atoms with Gasteiger partial charge in [0, 0.05) is 27.4 Å². The number of aryl methyl sites for hydroxylation is 2. The lowest BCUT2D eigenvalue weighted by molar-refractivity contribution is -0.0644. The van der Waals surface area contributed by atoms with Crippen LogP contribution in [0.1, 0.15) is 25.0 Å². The maximum absolute atomic E-state index is 12.7. The number of hydrogen-bond donors (Lipinski definition) is 1. The molecule has 0 unspecified atom stereocenters. The lowest BCUT2D eigenvalue weighted by Gasteiger charge is -2.38. The third-order valence-electron chi connectivity index (χ3n) is 4.16. The van der Waals surface area contributed by atoms with Crippen molar-refractivity contribution in [2.24, 2.45) is 7.05 Å². The Morgan fingerprint density at radius 2 is 2.14 bits per heavy atom. The Morgan fingerprint density at radius 1 is 1.48 bits per heavy atom. The van der Waals surface area contributed by atoms with Crippen molar-refractivity contribution in [3.63, 3.8) is 0 Å². The topological polar surface area (TPSA) is 84.7 Å². The van der Waals surface area contributed by atoms with E-state index in [-0.39, 0.29) is 11.0 Å². The van der Waals surface area contributed by atoms with E-state index in [9.17, 15) is 13.5 Å². The van der Waals surface area contributed by atoms with E-state index < -0.39 is 22.2 Å². The minimum atomic E-state index is -3.68. The van der Waals surface area contributed by atoms with E-state index in [2.05, 4.69) is 5.10 Å². The molecule has 0 spiro atoms. The molecule has 21 heavy (non-hydrogen) atoms. The van der Waals surface area contributed by atoms with E-state index in [0.29, 0.717) is 12.1 Å². The normalized spacial score (nSPS) is 27.2. The lowest BCUT2D eigenvalue weighted by atomic mass is 9.90. The van der Waals surface area contributed by atoms with Gasteiger partial charge >= 0.3 is 0 Å². The second-order valence-electron chi connectivity index (χ2n) is 5.54. The second kappa shape index (κ2) is 6.04. The predicted octanol–water partition coefficient (Wildman–Crippen LogP) is 0.277. The highest BCUT2D eigenvalue weighted by atomic mass is 32.2. The van der Waals surface area contributed by atoms with Crippen molar-refractivity contribution in [3.8, 4) is 0 Å². The first-order chi connectivity index (χ1) is 9.78. The third-order valence-corrected chi connectivity index (χ3v) is 6.14. The van der Waals surface area contributed by atoms with Crippen molar-refractivity contribution in [2.75, 3.05) is 14.2 Å². The van der Waals surface area contributed by atoms with Gasteiger partial charge in [0.25, 0.3) is 0 Å². The predicted molar refractivity (Wildman–Crippen MR) is 77.3 cm³/mol. The minimum Gasteiger partial charge on any atom is -0.389 e. The molecule has 2 rings (SSSR count). The molecule has 0 aromatic carbocycles. The molecule has 1 aromatic rings. The van der Waals surface area contributed by atoms with Gasteiger partial charge in [0.1, 0.15) is 4.90 Å². The van der Waals surface area contributed by atoms with Crippen LogP contribution in [0.3, 0.4) is 0 Å². The molecule has 0 radical (unpaired) electrons. The molecular formula is C13H23N3O4S. The number of ether oxygens (including phenoxy) is 1. The molecule has 0 bridgehead atoms. The van der Waals surface area contributed by atoms with Gasteiger partial charge in [-0.3, -0.25) is 4.68 Å². The molecule has 1 fully saturated rings. The number of methoxy groups -OCH3 is 1. The van der Waals surface area contributed by atoms with Crippen molar-refractivity contribution in [1.82, 2.24) is 14.1 Å². The fraction of sp³-hybridized carbons (Fsp3) is 0.769. The summed E-state index contributed by atoms with van der Waals surface area (Å²) in [6.07, 6.45) is 2.54. The molecule has 120 valence electrons. The highest BCUT2D eigenvalue weighted by Crippen LogP contribution is 2.29. The fourth-order valence-corrected chi connectivity index (χ4v) is 4.53. The zero-order valence-electron chi connectivity index (χ0n) is 12.9. The van der Waals surface area contributed by atoms with Crippen molar-refractivity contribution in [2.45, 2.75) is 49.3 Å². The summed E-state index contributed by atoms with van der Waals surface area (Å²) < 4.78 is 33.4. The van der Waals surface area contributed by atoms with Gasteiger partial charge < -0.3 is 9.84 Å². The van der Waals surface area contributed by atoms with E-state index in [1.165, 1.54) is 29.3 Å². The van der Waals surface area contributed by atoms with Gasteiger partial charge in [-0.2, -0.15) is 9.40 Å². The van der Waals surface area contributed by atoms with Crippen LogP contribution in [0.25, 0.3) is 0 Å². The van der Waals surface area contributed by atoms with Crippen molar-refractivity contribution < 1.29 is 18.3 Å². The smallest absolute Gasteiger partial charge is 0.246 e. The Hall–Kier alpha value is -0.960. The Morgan fingerprint density at radius 3 is 2.67 bits per heavy atom. The van der Waals surface area contributed by atoms with Gasteiger partial charge in [-0.05, 0) is 26.2 Å². The zero-order valence-corrected chi connectivity index (χ0v) is 13.7. The van der Waals surface area contributed by atoms with Crippen LogP contribution in [0, 0.1) is 6.92 Å². The van der Waals surface area contributed by atoms with Crippen LogP contribution in [0.15, 0.2) is 11.1 Å². The van der Waals surface area contributed by atoms with Gasteiger partial charge in [-0.15, -0.1) is 0 Å². The SMILES string of the molecule is CO[C@@H]1CCC[C@@H](N(C)S(=O)(=O)c2cn(C)nc2C)[C@H]1O. The molecule has 1 saturated carbocycles. The van der Waals surface area contributed by atoms with Gasteiger partial charge in [0.05, 0.1) is 23.9 Å². The average Bonchev–Trinajstić information content (AvgIpc) is 2.78. The number of nitrogens with zero attached hydrogens (tertiary/aromatic N) is 3. The minimum absolute atomic E-state index is 0.180. The molecule has 1 aliphatic carbocycles. The summed E-state index contributed by atoms with van der Waals surface area (Å²) in [5, 5.41) is 14.4. The van der Waals surface area contributed by atoms with Crippen LogP contribution >= 0.6 is 0 Å². The Kier molecular flexibility index (Phi) is 4.72. The first kappa shape index (κ1) is 16.4. The molecule has 0 amide bonds. The molecule has 1 N–H and O–H groups in total. The standard InChI is InChI=1S/C13H23N3O4S/c1-9-12(8-15(2)14-9)21(18,19)16(3)10-6-5-7-11(20-4)13(10)17/h8,10-11,13,17H,5-7H2,1-4H3/t10-,11-,13-/m1/s1. The van der Waals surface area contributed by atoms with Crippen LogP contribution in [0.5, 0.6) is 0 Å². The maximum atomic E-state index is 12.7. The van der Waals surface area contributed by atoms with Crippen LogP contribution < -0.4 is 0 Å². The number of hydrogen-bond acceptors (Lipinski definition) is 5. The first-order valence-corrected chi connectivity index (χ1v) is 8.42. The molecular weight excluding hydrogens is 294 g/mol. The molecule has 7 nitrogen and oxygen atoms in total. The molecule has 3 atom stereocenters. The lowest BCUT2D eigenvalue weighted by Crippen LogP contribution is -2.52. The van der Waals surface area contributed by atoms with Crippen LogP contribution in [0.2, 0.25) is 0 Å². The molecule has 0 saturated heterocycles. The van der Waals surface area contributed by atoms with Gasteiger partial charge in [-0.1, -0.05) is 0 Å². The molecule has 0 aliphatic heterocycles. The number of sulfonamides is 1. The molecule has 8 heteroatoms. The quantitative estimate of drug-likeness (QED) is 0.862. The molecule has 1 aliphatic rings. The zero-order chi connectivity index (χ0) is 15.8. The summed E-state index contributed by atoms with van der Waals surface area (Å²) in [7, 11) is 1.05. The van der Waals surface area contributed by atoms with Crippen LogP contribution in [-0.2, 0) is 21.8 Å². The van der Waals surface area contributed by atoms with E-state index >= 15 is 0 Å². The van der Waals surface area contributed by atoms with Crippen molar-refractivity contribution in [1.29, 1.82) is 0 Å². The fourth-order valence-electron chi connectivity index (χ4n) is 2.94. The summed E-state index contributed by atoms with van der Waals surface area (Å²) in [5.41, 5.74) is 0.456. The maximum Gasteiger partial charge on any atom is 0.246 e. The van der Waals surface area contributed by atoms with Gasteiger partial charge in [0.15, 0.2) is 0 Å². The second-order valence-corrected chi connectivity index (χ2v) is 7.50. The van der Waals surface area contributed by atoms with Crippen LogP contribution in [0.4, 0.5) is 0 Å². The van der Waals surface area contributed by atoms with E-state index in [0.717, 1.165) is 12.8 Å². The average molecular weight is 317 g/mol. The number of aromatic nitrogens is 2. The number of rotatable bonds is 4. The van der Waals surface area contributed by atoms with E-state index in [4.69, 9.17) is 4.74 Å². The highest BCUT2D eigenvalue weighted by Gasteiger charge is 2.40. The highest BCUT2D eigenvalue weighted by molar-refractivity contribution is 7.89. The summed E-state index contributed by atoms with van der Waals surface area (Å²) in [6.45, 7) is 1.66. The first-order valence-electron chi connectivity index (χ1n) is 6.98. The largest absolute Gasteiger partial charge is 0.389 e. The summed E-state index contributed by atoms with van der Waals surface area (Å²) in [5.74, 6) is 0. The van der Waals surface area contributed by atoms with Gasteiger partial charge in [0.2, 0.25) is 10.0 Å². The monoisotopic (exact) mass is 317 g/mol.